The summed E-state index contributed by atoms with van der Waals surface area (Å²) in [7, 11) is 1.74. The summed E-state index contributed by atoms with van der Waals surface area (Å²) < 4.78 is 0. The van der Waals surface area contributed by atoms with Crippen LogP contribution in [0, 0.1) is 11.8 Å². The molecule has 0 aliphatic carbocycles. The molecule has 0 atom stereocenters. The Morgan fingerprint density at radius 3 is 2.06 bits per heavy atom. The van der Waals surface area contributed by atoms with Gasteiger partial charge in [0.1, 0.15) is 0 Å². The SMILES string of the molecule is CN=C(NCCNC(=O)C(C)C)NCC(C)C.I. The summed E-state index contributed by atoms with van der Waals surface area (Å²) >= 11 is 0. The first-order valence-electron chi connectivity index (χ1n) is 6.19. The number of aliphatic imine (C=N–C) groups is 1. The molecule has 0 aromatic carbocycles. The van der Waals surface area contributed by atoms with E-state index >= 15 is 0 Å². The van der Waals surface area contributed by atoms with Crippen LogP contribution in [0.5, 0.6) is 0 Å². The maximum absolute atomic E-state index is 11.3. The molecular weight excluding hydrogens is 343 g/mol. The Kier molecular flexibility index (Phi) is 12.7. The van der Waals surface area contributed by atoms with E-state index in [2.05, 4.69) is 34.8 Å². The topological polar surface area (TPSA) is 65.5 Å². The molecule has 0 saturated heterocycles. The molecule has 108 valence electrons. The van der Waals surface area contributed by atoms with Crippen LogP contribution < -0.4 is 16.0 Å². The zero-order chi connectivity index (χ0) is 13.3. The molecule has 0 spiro atoms. The van der Waals surface area contributed by atoms with Gasteiger partial charge in [0.15, 0.2) is 5.96 Å². The lowest BCUT2D eigenvalue weighted by molar-refractivity contribution is -0.123. The van der Waals surface area contributed by atoms with Crippen LogP contribution >= 0.6 is 24.0 Å². The third-order valence-electron chi connectivity index (χ3n) is 2.14. The number of hydrogen-bond donors (Lipinski definition) is 3. The van der Waals surface area contributed by atoms with Gasteiger partial charge in [0.05, 0.1) is 0 Å². The largest absolute Gasteiger partial charge is 0.356 e. The molecule has 1 amide bonds. The van der Waals surface area contributed by atoms with Gasteiger partial charge in [-0.15, -0.1) is 24.0 Å². The predicted octanol–water partition coefficient (Wildman–Crippen LogP) is 1.20. The van der Waals surface area contributed by atoms with Gasteiger partial charge in [-0.25, -0.2) is 0 Å². The molecule has 0 fully saturated rings. The number of carbonyl (C=O) groups excluding carboxylic acids is 1. The molecule has 6 heteroatoms. The van der Waals surface area contributed by atoms with Crippen LogP contribution in [0.2, 0.25) is 0 Å². The van der Waals surface area contributed by atoms with Crippen molar-refractivity contribution in [3.63, 3.8) is 0 Å². The van der Waals surface area contributed by atoms with Gasteiger partial charge in [-0.1, -0.05) is 27.7 Å². The highest BCUT2D eigenvalue weighted by Gasteiger charge is 2.05. The summed E-state index contributed by atoms with van der Waals surface area (Å²) in [6, 6.07) is 0. The lowest BCUT2D eigenvalue weighted by atomic mass is 10.2. The van der Waals surface area contributed by atoms with Crippen molar-refractivity contribution in [3.8, 4) is 0 Å². The Morgan fingerprint density at radius 1 is 1.06 bits per heavy atom. The zero-order valence-electron chi connectivity index (χ0n) is 12.0. The lowest BCUT2D eigenvalue weighted by Crippen LogP contribution is -2.43. The van der Waals surface area contributed by atoms with E-state index in [0.29, 0.717) is 19.0 Å². The minimum Gasteiger partial charge on any atom is -0.356 e. The predicted molar refractivity (Wildman–Crippen MR) is 87.5 cm³/mol. The van der Waals surface area contributed by atoms with Crippen molar-refractivity contribution in [1.29, 1.82) is 0 Å². The average molecular weight is 370 g/mol. The summed E-state index contributed by atoms with van der Waals surface area (Å²) in [5, 5.41) is 9.19. The highest BCUT2D eigenvalue weighted by molar-refractivity contribution is 14.0. The van der Waals surface area contributed by atoms with Crippen LogP contribution in [0.4, 0.5) is 0 Å². The molecule has 0 aromatic rings. The minimum atomic E-state index is 0. The third-order valence-corrected chi connectivity index (χ3v) is 2.14. The number of guanidine groups is 1. The van der Waals surface area contributed by atoms with E-state index in [0.717, 1.165) is 12.5 Å². The second-order valence-corrected chi connectivity index (χ2v) is 4.72. The van der Waals surface area contributed by atoms with Gasteiger partial charge < -0.3 is 16.0 Å². The second kappa shape index (κ2) is 11.6. The van der Waals surface area contributed by atoms with Gasteiger partial charge in [0, 0.05) is 32.6 Å². The summed E-state index contributed by atoms with van der Waals surface area (Å²) in [6.45, 7) is 10.2. The first-order chi connectivity index (χ1) is 7.97. The Bertz CT molecular complexity index is 254. The van der Waals surface area contributed by atoms with Gasteiger partial charge >= 0.3 is 0 Å². The van der Waals surface area contributed by atoms with Crippen molar-refractivity contribution in [2.75, 3.05) is 26.7 Å². The number of amides is 1. The van der Waals surface area contributed by atoms with Crippen LogP contribution in [-0.4, -0.2) is 38.5 Å². The Morgan fingerprint density at radius 2 is 1.61 bits per heavy atom. The van der Waals surface area contributed by atoms with Crippen molar-refractivity contribution in [1.82, 2.24) is 16.0 Å². The Hall–Kier alpha value is -0.530. The average Bonchev–Trinajstić information content (AvgIpc) is 2.27. The van der Waals surface area contributed by atoms with E-state index < -0.39 is 0 Å². The van der Waals surface area contributed by atoms with Gasteiger partial charge in [0.2, 0.25) is 5.91 Å². The van der Waals surface area contributed by atoms with E-state index in [9.17, 15) is 4.79 Å². The third kappa shape index (κ3) is 10.6. The van der Waals surface area contributed by atoms with Crippen LogP contribution in [0.1, 0.15) is 27.7 Å². The lowest BCUT2D eigenvalue weighted by Gasteiger charge is -2.14. The van der Waals surface area contributed by atoms with E-state index in [1.54, 1.807) is 7.05 Å². The summed E-state index contributed by atoms with van der Waals surface area (Å²) in [5.41, 5.74) is 0. The smallest absolute Gasteiger partial charge is 0.222 e. The van der Waals surface area contributed by atoms with Crippen molar-refractivity contribution in [2.24, 2.45) is 16.8 Å². The Balaban J connectivity index is 0. The molecule has 0 bridgehead atoms. The molecule has 18 heavy (non-hydrogen) atoms. The van der Waals surface area contributed by atoms with Crippen LogP contribution in [-0.2, 0) is 4.79 Å². The molecule has 0 saturated carbocycles. The maximum atomic E-state index is 11.3. The first-order valence-corrected chi connectivity index (χ1v) is 6.19. The van der Waals surface area contributed by atoms with Crippen molar-refractivity contribution >= 4 is 35.8 Å². The van der Waals surface area contributed by atoms with E-state index in [-0.39, 0.29) is 35.8 Å². The quantitative estimate of drug-likeness (QED) is 0.285. The van der Waals surface area contributed by atoms with Crippen LogP contribution in [0.25, 0.3) is 0 Å². The van der Waals surface area contributed by atoms with Crippen molar-refractivity contribution < 1.29 is 4.79 Å². The molecule has 0 heterocycles. The second-order valence-electron chi connectivity index (χ2n) is 4.72. The van der Waals surface area contributed by atoms with Gasteiger partial charge in [-0.2, -0.15) is 0 Å². The number of nitrogens with one attached hydrogen (secondary N) is 3. The number of hydrogen-bond acceptors (Lipinski definition) is 2. The molecule has 0 radical (unpaired) electrons. The molecule has 0 unspecified atom stereocenters. The highest BCUT2D eigenvalue weighted by Crippen LogP contribution is 1.89. The van der Waals surface area contributed by atoms with E-state index in [1.165, 1.54) is 0 Å². The fourth-order valence-corrected chi connectivity index (χ4v) is 1.09. The number of halogens is 1. The fraction of sp³-hybridized carbons (Fsp3) is 0.833. The standard InChI is InChI=1S/C12H26N4O.HI/c1-9(2)8-16-12(13-5)15-7-6-14-11(17)10(3)4;/h9-10H,6-8H2,1-5H3,(H,14,17)(H2,13,15,16);1H. The molecule has 0 aliphatic heterocycles. The highest BCUT2D eigenvalue weighted by atomic mass is 127. The zero-order valence-corrected chi connectivity index (χ0v) is 14.4. The maximum Gasteiger partial charge on any atom is 0.222 e. The number of nitrogens with zero attached hydrogens (tertiary/aromatic N) is 1. The first kappa shape index (κ1) is 19.8. The van der Waals surface area contributed by atoms with E-state index in [4.69, 9.17) is 0 Å². The van der Waals surface area contributed by atoms with Crippen molar-refractivity contribution in [3.05, 3.63) is 0 Å². The molecule has 0 aliphatic rings. The summed E-state index contributed by atoms with van der Waals surface area (Å²) in [5.74, 6) is 1.47. The molecular formula is C12H27IN4O. The van der Waals surface area contributed by atoms with Gasteiger partial charge in [0.25, 0.3) is 0 Å². The molecule has 3 N–H and O–H groups in total. The number of rotatable bonds is 6. The number of carbonyl (C=O) groups is 1. The monoisotopic (exact) mass is 370 g/mol. The molecule has 0 rings (SSSR count). The molecule has 5 nitrogen and oxygen atoms in total. The minimum absolute atomic E-state index is 0. The summed E-state index contributed by atoms with van der Waals surface area (Å²) in [4.78, 5) is 15.4. The molecule has 0 aromatic heterocycles. The summed E-state index contributed by atoms with van der Waals surface area (Å²) in [6.07, 6.45) is 0. The van der Waals surface area contributed by atoms with Crippen LogP contribution in [0.3, 0.4) is 0 Å². The van der Waals surface area contributed by atoms with Gasteiger partial charge in [-0.05, 0) is 5.92 Å². The Labute approximate surface area is 128 Å². The fourth-order valence-electron chi connectivity index (χ4n) is 1.09. The van der Waals surface area contributed by atoms with Crippen molar-refractivity contribution in [2.45, 2.75) is 27.7 Å². The van der Waals surface area contributed by atoms with E-state index in [1.807, 2.05) is 13.8 Å². The van der Waals surface area contributed by atoms with Gasteiger partial charge in [-0.3, -0.25) is 9.79 Å². The normalized spacial score (nSPS) is 11.2. The van der Waals surface area contributed by atoms with Crippen LogP contribution in [0.15, 0.2) is 4.99 Å².